The first-order chi connectivity index (χ1) is 9.61. The maximum absolute atomic E-state index is 12.2. The molecule has 1 amide bonds. The van der Waals surface area contributed by atoms with Gasteiger partial charge in [-0.2, -0.15) is 0 Å². The van der Waals surface area contributed by atoms with Gasteiger partial charge in [-0.25, -0.2) is 0 Å². The van der Waals surface area contributed by atoms with E-state index >= 15 is 0 Å². The van der Waals surface area contributed by atoms with Gasteiger partial charge in [0, 0.05) is 45.0 Å². The Labute approximate surface area is 119 Å². The molecule has 2 rings (SSSR count). The summed E-state index contributed by atoms with van der Waals surface area (Å²) in [5, 5.41) is 3.24. The number of nitrogen functional groups attached to an aromatic ring is 1. The van der Waals surface area contributed by atoms with Crippen LogP contribution >= 0.6 is 0 Å². The maximum atomic E-state index is 12.2. The zero-order chi connectivity index (χ0) is 14.5. The molecule has 1 aromatic rings. The summed E-state index contributed by atoms with van der Waals surface area (Å²) in [5.74, 6) is 0.772. The van der Waals surface area contributed by atoms with Crippen LogP contribution < -0.4 is 20.7 Å². The van der Waals surface area contributed by atoms with Gasteiger partial charge in [0.15, 0.2) is 0 Å². The van der Waals surface area contributed by atoms with Crippen molar-refractivity contribution in [2.75, 3.05) is 57.5 Å². The van der Waals surface area contributed by atoms with Gasteiger partial charge >= 0.3 is 0 Å². The summed E-state index contributed by atoms with van der Waals surface area (Å²) in [6, 6.07) is 5.53. The van der Waals surface area contributed by atoms with Crippen LogP contribution in [0.4, 0.5) is 11.4 Å². The van der Waals surface area contributed by atoms with Crippen molar-refractivity contribution in [2.45, 2.75) is 0 Å². The first-order valence-corrected chi connectivity index (χ1v) is 6.75. The third-order valence-corrected chi connectivity index (χ3v) is 3.50. The molecule has 3 N–H and O–H groups in total. The normalized spacial score (nSPS) is 15.0. The van der Waals surface area contributed by atoms with Crippen molar-refractivity contribution in [1.29, 1.82) is 0 Å². The summed E-state index contributed by atoms with van der Waals surface area (Å²) in [6.45, 7) is 3.64. The number of likely N-dealkylation sites (N-methyl/N-ethyl adjacent to an activating group) is 1. The molecular weight excluding hydrogens is 256 g/mol. The van der Waals surface area contributed by atoms with E-state index < -0.39 is 0 Å². The standard InChI is InChI=1S/C14H22N4O2/c1-17(10-14(19)18-7-5-16-6-8-18)11-3-4-12(15)13(9-11)20-2/h3-4,9,16H,5-8,10,15H2,1-2H3. The van der Waals surface area contributed by atoms with Crippen LogP contribution in [0.25, 0.3) is 0 Å². The van der Waals surface area contributed by atoms with Gasteiger partial charge in [-0.3, -0.25) is 4.79 Å². The molecule has 110 valence electrons. The van der Waals surface area contributed by atoms with Crippen LogP contribution in [0.5, 0.6) is 5.75 Å². The van der Waals surface area contributed by atoms with Crippen LogP contribution in [-0.4, -0.2) is 57.7 Å². The highest BCUT2D eigenvalue weighted by atomic mass is 16.5. The van der Waals surface area contributed by atoms with Gasteiger partial charge in [-0.05, 0) is 12.1 Å². The number of rotatable bonds is 4. The minimum atomic E-state index is 0.143. The molecule has 1 aliphatic rings. The zero-order valence-electron chi connectivity index (χ0n) is 12.1. The van der Waals surface area contributed by atoms with Crippen molar-refractivity contribution >= 4 is 17.3 Å². The number of hydrogen-bond donors (Lipinski definition) is 2. The Balaban J connectivity index is 2.00. The summed E-state index contributed by atoms with van der Waals surface area (Å²) >= 11 is 0. The predicted octanol–water partition coefficient (Wildman–Crippen LogP) is 0.145. The lowest BCUT2D eigenvalue weighted by molar-refractivity contribution is -0.130. The van der Waals surface area contributed by atoms with E-state index in [9.17, 15) is 4.79 Å². The smallest absolute Gasteiger partial charge is 0.242 e. The van der Waals surface area contributed by atoms with Crippen LogP contribution in [0.15, 0.2) is 18.2 Å². The molecule has 1 heterocycles. The number of methoxy groups -OCH3 is 1. The number of carbonyl (C=O) groups excluding carboxylic acids is 1. The number of amides is 1. The lowest BCUT2D eigenvalue weighted by Crippen LogP contribution is -2.49. The molecule has 20 heavy (non-hydrogen) atoms. The third-order valence-electron chi connectivity index (χ3n) is 3.50. The van der Waals surface area contributed by atoms with Gasteiger partial charge < -0.3 is 25.6 Å². The average Bonchev–Trinajstić information content (AvgIpc) is 2.48. The monoisotopic (exact) mass is 278 g/mol. The maximum Gasteiger partial charge on any atom is 0.242 e. The lowest BCUT2D eigenvalue weighted by atomic mass is 10.2. The topological polar surface area (TPSA) is 70.8 Å². The second kappa shape index (κ2) is 6.47. The Kier molecular flexibility index (Phi) is 4.68. The summed E-state index contributed by atoms with van der Waals surface area (Å²) in [7, 11) is 3.48. The Morgan fingerprint density at radius 3 is 2.80 bits per heavy atom. The fraction of sp³-hybridized carbons (Fsp3) is 0.500. The van der Waals surface area contributed by atoms with Gasteiger partial charge in [0.1, 0.15) is 5.75 Å². The predicted molar refractivity (Wildman–Crippen MR) is 80.1 cm³/mol. The fourth-order valence-corrected chi connectivity index (χ4v) is 2.25. The van der Waals surface area contributed by atoms with Crippen molar-refractivity contribution in [1.82, 2.24) is 10.2 Å². The fourth-order valence-electron chi connectivity index (χ4n) is 2.25. The van der Waals surface area contributed by atoms with Crippen molar-refractivity contribution in [3.8, 4) is 5.75 Å². The van der Waals surface area contributed by atoms with Crippen molar-refractivity contribution in [2.24, 2.45) is 0 Å². The highest BCUT2D eigenvalue weighted by molar-refractivity contribution is 5.81. The highest BCUT2D eigenvalue weighted by Gasteiger charge is 2.18. The van der Waals surface area contributed by atoms with Gasteiger partial charge in [-0.1, -0.05) is 0 Å². The van der Waals surface area contributed by atoms with E-state index in [-0.39, 0.29) is 5.91 Å². The Hall–Kier alpha value is -1.95. The highest BCUT2D eigenvalue weighted by Crippen LogP contribution is 2.26. The van der Waals surface area contributed by atoms with Crippen molar-refractivity contribution in [3.63, 3.8) is 0 Å². The number of benzene rings is 1. The minimum Gasteiger partial charge on any atom is -0.495 e. The molecule has 0 unspecified atom stereocenters. The number of piperazine rings is 1. The van der Waals surface area contributed by atoms with Crippen LogP contribution in [0.3, 0.4) is 0 Å². The molecule has 1 saturated heterocycles. The van der Waals surface area contributed by atoms with Crippen LogP contribution in [-0.2, 0) is 4.79 Å². The van der Waals surface area contributed by atoms with Crippen LogP contribution in [0, 0.1) is 0 Å². The lowest BCUT2D eigenvalue weighted by Gasteiger charge is -2.30. The van der Waals surface area contributed by atoms with E-state index in [4.69, 9.17) is 10.5 Å². The molecule has 0 radical (unpaired) electrons. The number of anilines is 2. The molecule has 1 fully saturated rings. The largest absolute Gasteiger partial charge is 0.495 e. The summed E-state index contributed by atoms with van der Waals surface area (Å²) < 4.78 is 5.20. The molecular formula is C14H22N4O2. The van der Waals surface area contributed by atoms with E-state index in [1.54, 1.807) is 13.2 Å². The quantitative estimate of drug-likeness (QED) is 0.767. The molecule has 6 heteroatoms. The third kappa shape index (κ3) is 3.33. The van der Waals surface area contributed by atoms with E-state index in [1.807, 2.05) is 29.0 Å². The molecule has 6 nitrogen and oxygen atoms in total. The second-order valence-electron chi connectivity index (χ2n) is 4.91. The number of hydrogen-bond acceptors (Lipinski definition) is 5. The molecule has 1 aromatic carbocycles. The van der Waals surface area contributed by atoms with Crippen LogP contribution in [0.2, 0.25) is 0 Å². The van der Waals surface area contributed by atoms with E-state index in [0.29, 0.717) is 18.0 Å². The van der Waals surface area contributed by atoms with Crippen molar-refractivity contribution < 1.29 is 9.53 Å². The number of nitrogens with two attached hydrogens (primary N) is 1. The molecule has 0 saturated carbocycles. The Bertz CT molecular complexity index is 472. The van der Waals surface area contributed by atoms with Gasteiger partial charge in [0.25, 0.3) is 0 Å². The summed E-state index contributed by atoms with van der Waals surface area (Å²) in [5.41, 5.74) is 7.30. The Morgan fingerprint density at radius 2 is 2.15 bits per heavy atom. The molecule has 0 bridgehead atoms. The van der Waals surface area contributed by atoms with Crippen LogP contribution in [0.1, 0.15) is 0 Å². The number of ether oxygens (including phenoxy) is 1. The molecule has 0 spiro atoms. The SMILES string of the molecule is COc1cc(N(C)CC(=O)N2CCNCC2)ccc1N. The second-order valence-corrected chi connectivity index (χ2v) is 4.91. The zero-order valence-corrected chi connectivity index (χ0v) is 12.1. The summed E-state index contributed by atoms with van der Waals surface area (Å²) in [6.07, 6.45) is 0. The Morgan fingerprint density at radius 1 is 1.45 bits per heavy atom. The van der Waals surface area contributed by atoms with Gasteiger partial charge in [0.2, 0.25) is 5.91 Å². The average molecular weight is 278 g/mol. The number of nitrogens with one attached hydrogen (secondary N) is 1. The first-order valence-electron chi connectivity index (χ1n) is 6.75. The number of nitrogens with zero attached hydrogens (tertiary/aromatic N) is 2. The number of carbonyl (C=O) groups is 1. The molecule has 0 aliphatic carbocycles. The van der Waals surface area contributed by atoms with Gasteiger partial charge in [0.05, 0.1) is 19.3 Å². The summed E-state index contributed by atoms with van der Waals surface area (Å²) in [4.78, 5) is 16.0. The van der Waals surface area contributed by atoms with Crippen molar-refractivity contribution in [3.05, 3.63) is 18.2 Å². The molecule has 0 atom stereocenters. The molecule has 0 aromatic heterocycles. The van der Waals surface area contributed by atoms with Gasteiger partial charge in [-0.15, -0.1) is 0 Å². The molecule has 1 aliphatic heterocycles. The first kappa shape index (κ1) is 14.5. The van der Waals surface area contributed by atoms with E-state index in [2.05, 4.69) is 5.32 Å². The minimum absolute atomic E-state index is 0.143. The van der Waals surface area contributed by atoms with E-state index in [1.165, 1.54) is 0 Å². The van der Waals surface area contributed by atoms with E-state index in [0.717, 1.165) is 31.9 Å².